The molecule has 1 atom stereocenters. The average Bonchev–Trinajstić information content (AvgIpc) is 2.03. The van der Waals surface area contributed by atoms with Crippen molar-refractivity contribution in [3.63, 3.8) is 0 Å². The molecular weight excluding hydrogens is 144 g/mol. The van der Waals surface area contributed by atoms with Gasteiger partial charge in [-0.25, -0.2) is 0 Å². The summed E-state index contributed by atoms with van der Waals surface area (Å²) in [6.45, 7) is 3.36. The van der Waals surface area contributed by atoms with E-state index in [1.165, 1.54) is 19.4 Å². The average molecular weight is 160 g/mol. The summed E-state index contributed by atoms with van der Waals surface area (Å²) in [6.07, 6.45) is 2.63. The molecule has 0 aromatic heterocycles. The molecule has 1 rings (SSSR count). The first-order chi connectivity index (χ1) is 4.93. The summed E-state index contributed by atoms with van der Waals surface area (Å²) in [5, 5.41) is 6.79. The van der Waals surface area contributed by atoms with Crippen LogP contribution in [0.4, 0.5) is 0 Å². The van der Waals surface area contributed by atoms with Crippen LogP contribution in [0.5, 0.6) is 0 Å². The van der Waals surface area contributed by atoms with Crippen molar-refractivity contribution in [1.82, 2.24) is 10.6 Å². The Morgan fingerprint density at radius 2 is 2.50 bits per heavy atom. The van der Waals surface area contributed by atoms with Gasteiger partial charge in [0, 0.05) is 24.9 Å². The lowest BCUT2D eigenvalue weighted by Crippen LogP contribution is -2.43. The van der Waals surface area contributed by atoms with Crippen LogP contribution < -0.4 is 10.6 Å². The smallest absolute Gasteiger partial charge is 0.0193 e. The third-order valence-electron chi connectivity index (χ3n) is 1.84. The lowest BCUT2D eigenvalue weighted by atomic mass is 10.1. The zero-order valence-electron chi connectivity index (χ0n) is 6.27. The van der Waals surface area contributed by atoms with Crippen molar-refractivity contribution in [3.05, 3.63) is 0 Å². The van der Waals surface area contributed by atoms with Crippen molar-refractivity contribution in [2.24, 2.45) is 0 Å². The van der Waals surface area contributed by atoms with Gasteiger partial charge in [0.05, 0.1) is 0 Å². The Morgan fingerprint density at radius 3 is 3.10 bits per heavy atom. The molecule has 1 fully saturated rings. The highest BCUT2D eigenvalue weighted by Gasteiger charge is 2.10. The van der Waals surface area contributed by atoms with Gasteiger partial charge >= 0.3 is 0 Å². The third kappa shape index (κ3) is 2.90. The van der Waals surface area contributed by atoms with Crippen molar-refractivity contribution in [1.29, 1.82) is 0 Å². The predicted octanol–water partition coefficient (Wildman–Crippen LogP) is 0.258. The SMILES string of the molecule is SCCNC1CCCNC1. The van der Waals surface area contributed by atoms with Gasteiger partial charge in [-0.1, -0.05) is 0 Å². The van der Waals surface area contributed by atoms with Gasteiger partial charge in [-0.15, -0.1) is 0 Å². The molecule has 0 aliphatic carbocycles. The van der Waals surface area contributed by atoms with Gasteiger partial charge < -0.3 is 10.6 Å². The quantitative estimate of drug-likeness (QED) is 0.516. The van der Waals surface area contributed by atoms with Crippen LogP contribution in [-0.2, 0) is 0 Å². The van der Waals surface area contributed by atoms with E-state index in [0.717, 1.165) is 18.8 Å². The van der Waals surface area contributed by atoms with Gasteiger partial charge in [0.15, 0.2) is 0 Å². The normalized spacial score (nSPS) is 26.7. The van der Waals surface area contributed by atoms with Gasteiger partial charge in [0.2, 0.25) is 0 Å². The number of piperidine rings is 1. The fourth-order valence-electron chi connectivity index (χ4n) is 1.29. The molecule has 0 radical (unpaired) electrons. The maximum Gasteiger partial charge on any atom is 0.0193 e. The van der Waals surface area contributed by atoms with Crippen molar-refractivity contribution < 1.29 is 0 Å². The Bertz CT molecular complexity index is 81.7. The molecule has 0 spiro atoms. The van der Waals surface area contributed by atoms with Gasteiger partial charge in [0.25, 0.3) is 0 Å². The van der Waals surface area contributed by atoms with Crippen LogP contribution in [0.15, 0.2) is 0 Å². The van der Waals surface area contributed by atoms with Crippen molar-refractivity contribution in [3.8, 4) is 0 Å². The fourth-order valence-corrected chi connectivity index (χ4v) is 1.42. The van der Waals surface area contributed by atoms with E-state index in [9.17, 15) is 0 Å². The lowest BCUT2D eigenvalue weighted by Gasteiger charge is -2.23. The number of rotatable bonds is 3. The highest BCUT2D eigenvalue weighted by Crippen LogP contribution is 2.00. The standard InChI is InChI=1S/C7H16N2S/c10-5-4-9-7-2-1-3-8-6-7/h7-10H,1-6H2. The summed E-state index contributed by atoms with van der Waals surface area (Å²) in [5.74, 6) is 0.941. The number of nitrogens with one attached hydrogen (secondary N) is 2. The van der Waals surface area contributed by atoms with E-state index in [4.69, 9.17) is 0 Å². The van der Waals surface area contributed by atoms with E-state index >= 15 is 0 Å². The maximum absolute atomic E-state index is 4.14. The molecule has 2 nitrogen and oxygen atoms in total. The first kappa shape index (κ1) is 8.37. The molecule has 3 heteroatoms. The van der Waals surface area contributed by atoms with E-state index in [2.05, 4.69) is 23.3 Å². The number of hydrogen-bond acceptors (Lipinski definition) is 3. The van der Waals surface area contributed by atoms with Crippen LogP contribution >= 0.6 is 12.6 Å². The van der Waals surface area contributed by atoms with Crippen molar-refractivity contribution in [2.45, 2.75) is 18.9 Å². The van der Waals surface area contributed by atoms with E-state index in [0.29, 0.717) is 6.04 Å². The Morgan fingerprint density at radius 1 is 1.60 bits per heavy atom. The molecule has 0 aromatic rings. The molecule has 1 heterocycles. The second-order valence-corrected chi connectivity index (χ2v) is 3.17. The van der Waals surface area contributed by atoms with Gasteiger partial charge in [-0.05, 0) is 19.4 Å². The minimum atomic E-state index is 0.695. The minimum Gasteiger partial charge on any atom is -0.315 e. The Hall–Kier alpha value is 0.270. The molecule has 2 N–H and O–H groups in total. The van der Waals surface area contributed by atoms with Crippen LogP contribution in [0.25, 0.3) is 0 Å². The highest BCUT2D eigenvalue weighted by atomic mass is 32.1. The second-order valence-electron chi connectivity index (χ2n) is 2.72. The molecule has 60 valence electrons. The molecule has 0 saturated carbocycles. The number of thiol groups is 1. The Kier molecular flexibility index (Phi) is 4.18. The molecule has 1 saturated heterocycles. The Labute approximate surface area is 68.2 Å². The summed E-state index contributed by atoms with van der Waals surface area (Å²) in [7, 11) is 0. The second kappa shape index (κ2) is 4.99. The monoisotopic (exact) mass is 160 g/mol. The predicted molar refractivity (Wildman–Crippen MR) is 47.7 cm³/mol. The zero-order valence-corrected chi connectivity index (χ0v) is 7.16. The van der Waals surface area contributed by atoms with E-state index in [1.54, 1.807) is 0 Å². The molecule has 0 aromatic carbocycles. The summed E-state index contributed by atoms with van der Waals surface area (Å²) >= 11 is 4.14. The first-order valence-corrected chi connectivity index (χ1v) is 4.61. The van der Waals surface area contributed by atoms with Gasteiger partial charge in [-0.3, -0.25) is 0 Å². The molecule has 10 heavy (non-hydrogen) atoms. The van der Waals surface area contributed by atoms with Crippen LogP contribution in [0, 0.1) is 0 Å². The van der Waals surface area contributed by atoms with Crippen LogP contribution in [0.2, 0.25) is 0 Å². The van der Waals surface area contributed by atoms with Crippen LogP contribution in [-0.4, -0.2) is 31.4 Å². The number of hydrogen-bond donors (Lipinski definition) is 3. The van der Waals surface area contributed by atoms with E-state index in [-0.39, 0.29) is 0 Å². The van der Waals surface area contributed by atoms with Gasteiger partial charge in [-0.2, -0.15) is 12.6 Å². The van der Waals surface area contributed by atoms with E-state index in [1.807, 2.05) is 0 Å². The van der Waals surface area contributed by atoms with Crippen molar-refractivity contribution in [2.75, 3.05) is 25.4 Å². The molecule has 1 unspecified atom stereocenters. The van der Waals surface area contributed by atoms with Crippen LogP contribution in [0.1, 0.15) is 12.8 Å². The molecule has 1 aliphatic rings. The Balaban J connectivity index is 2.02. The molecule has 0 amide bonds. The highest BCUT2D eigenvalue weighted by molar-refractivity contribution is 7.80. The minimum absolute atomic E-state index is 0.695. The summed E-state index contributed by atoms with van der Waals surface area (Å²) in [6, 6.07) is 0.695. The molecule has 0 bridgehead atoms. The molecule has 1 aliphatic heterocycles. The largest absolute Gasteiger partial charge is 0.315 e. The maximum atomic E-state index is 4.14. The topological polar surface area (TPSA) is 24.1 Å². The van der Waals surface area contributed by atoms with E-state index < -0.39 is 0 Å². The third-order valence-corrected chi connectivity index (χ3v) is 2.07. The van der Waals surface area contributed by atoms with Crippen molar-refractivity contribution >= 4 is 12.6 Å². The summed E-state index contributed by atoms with van der Waals surface area (Å²) in [5.41, 5.74) is 0. The molecular formula is C7H16N2S. The summed E-state index contributed by atoms with van der Waals surface area (Å²) in [4.78, 5) is 0. The lowest BCUT2D eigenvalue weighted by molar-refractivity contribution is 0.398. The fraction of sp³-hybridized carbons (Fsp3) is 1.00. The first-order valence-electron chi connectivity index (χ1n) is 3.98. The van der Waals surface area contributed by atoms with Crippen LogP contribution in [0.3, 0.4) is 0 Å². The van der Waals surface area contributed by atoms with Gasteiger partial charge in [0.1, 0.15) is 0 Å². The summed E-state index contributed by atoms with van der Waals surface area (Å²) < 4.78 is 0. The zero-order chi connectivity index (χ0) is 7.23.